The van der Waals surface area contributed by atoms with Crippen LogP contribution in [0.1, 0.15) is 50.5 Å². The SMILES string of the molecule is COc1cccc(CNC(=O)CN2C(=O)N(CCCCC(=O)Nc3ccccc3)C(=O)C3CCCCC32)c1. The van der Waals surface area contributed by atoms with Crippen molar-refractivity contribution in [3.8, 4) is 5.75 Å². The molecule has 1 aliphatic heterocycles. The van der Waals surface area contributed by atoms with Crippen molar-refractivity contribution < 1.29 is 23.9 Å². The molecule has 2 N–H and O–H groups in total. The molecule has 202 valence electrons. The molecular formula is C29H36N4O5. The minimum atomic E-state index is -0.414. The lowest BCUT2D eigenvalue weighted by atomic mass is 9.81. The fourth-order valence-corrected chi connectivity index (χ4v) is 5.25. The highest BCUT2D eigenvalue weighted by Crippen LogP contribution is 2.34. The largest absolute Gasteiger partial charge is 0.497 e. The highest BCUT2D eigenvalue weighted by atomic mass is 16.5. The van der Waals surface area contributed by atoms with Gasteiger partial charge in [-0.1, -0.05) is 43.2 Å². The van der Waals surface area contributed by atoms with E-state index < -0.39 is 6.03 Å². The summed E-state index contributed by atoms with van der Waals surface area (Å²) in [5.41, 5.74) is 1.63. The number of fused-ring (bicyclic) bond motifs is 1. The number of urea groups is 1. The molecule has 0 spiro atoms. The van der Waals surface area contributed by atoms with Crippen LogP contribution in [0.5, 0.6) is 5.75 Å². The van der Waals surface area contributed by atoms with Gasteiger partial charge in [0.2, 0.25) is 17.7 Å². The molecule has 2 unspecified atom stereocenters. The zero-order valence-corrected chi connectivity index (χ0v) is 21.9. The van der Waals surface area contributed by atoms with Gasteiger partial charge < -0.3 is 20.3 Å². The van der Waals surface area contributed by atoms with Crippen LogP contribution < -0.4 is 15.4 Å². The van der Waals surface area contributed by atoms with Crippen LogP contribution in [0.25, 0.3) is 0 Å². The molecular weight excluding hydrogens is 484 g/mol. The molecule has 4 rings (SSSR count). The van der Waals surface area contributed by atoms with Gasteiger partial charge in [0.05, 0.1) is 13.0 Å². The quantitative estimate of drug-likeness (QED) is 0.437. The Kier molecular flexibility index (Phi) is 9.35. The lowest BCUT2D eigenvalue weighted by molar-refractivity contribution is -0.142. The number of amides is 5. The second-order valence-corrected chi connectivity index (χ2v) is 9.86. The first-order chi connectivity index (χ1) is 18.5. The van der Waals surface area contributed by atoms with E-state index in [0.29, 0.717) is 38.0 Å². The van der Waals surface area contributed by atoms with Crippen LogP contribution in [0.2, 0.25) is 0 Å². The van der Waals surface area contributed by atoms with E-state index in [-0.39, 0.29) is 42.8 Å². The predicted octanol–water partition coefficient (Wildman–Crippen LogP) is 3.94. The summed E-state index contributed by atoms with van der Waals surface area (Å²) in [7, 11) is 1.59. The topological polar surface area (TPSA) is 108 Å². The summed E-state index contributed by atoms with van der Waals surface area (Å²) >= 11 is 0. The summed E-state index contributed by atoms with van der Waals surface area (Å²) in [6.45, 7) is 0.467. The van der Waals surface area contributed by atoms with E-state index in [4.69, 9.17) is 4.74 Å². The van der Waals surface area contributed by atoms with Gasteiger partial charge in [0.1, 0.15) is 12.3 Å². The van der Waals surface area contributed by atoms with Crippen molar-refractivity contribution in [2.75, 3.05) is 25.5 Å². The van der Waals surface area contributed by atoms with Gasteiger partial charge in [0.15, 0.2) is 0 Å². The molecule has 2 fully saturated rings. The number of anilines is 1. The number of hydrogen-bond donors (Lipinski definition) is 2. The van der Waals surface area contributed by atoms with Gasteiger partial charge in [-0.2, -0.15) is 0 Å². The first-order valence-corrected chi connectivity index (χ1v) is 13.3. The Morgan fingerprint density at radius 1 is 0.974 bits per heavy atom. The van der Waals surface area contributed by atoms with Crippen molar-refractivity contribution in [3.05, 3.63) is 60.2 Å². The molecule has 1 heterocycles. The zero-order chi connectivity index (χ0) is 26.9. The van der Waals surface area contributed by atoms with E-state index in [1.807, 2.05) is 54.6 Å². The standard InChI is InChI=1S/C29H36N4O5/c1-38-23-13-9-10-21(18-23)19-30-27(35)20-33-25-15-6-5-14-24(25)28(36)32(29(33)37)17-8-7-16-26(34)31-22-11-3-2-4-12-22/h2-4,9-13,18,24-25H,5-8,14-17,19-20H2,1H3,(H,30,35)(H,31,34). The van der Waals surface area contributed by atoms with E-state index >= 15 is 0 Å². The van der Waals surface area contributed by atoms with Gasteiger partial charge >= 0.3 is 6.03 Å². The molecule has 2 aliphatic rings. The van der Waals surface area contributed by atoms with Gasteiger partial charge in [-0.05, 0) is 55.5 Å². The Morgan fingerprint density at radius 3 is 2.55 bits per heavy atom. The van der Waals surface area contributed by atoms with Crippen LogP contribution in [-0.4, -0.2) is 59.8 Å². The zero-order valence-electron chi connectivity index (χ0n) is 21.9. The second kappa shape index (κ2) is 13.1. The van der Waals surface area contributed by atoms with Crippen molar-refractivity contribution in [2.45, 2.75) is 57.5 Å². The van der Waals surface area contributed by atoms with E-state index in [0.717, 1.165) is 30.5 Å². The maximum atomic E-state index is 13.4. The van der Waals surface area contributed by atoms with Gasteiger partial charge in [0, 0.05) is 31.2 Å². The number of hydrogen-bond acceptors (Lipinski definition) is 5. The fraction of sp³-hybridized carbons (Fsp3) is 0.448. The average Bonchev–Trinajstić information content (AvgIpc) is 2.94. The number of nitrogens with zero attached hydrogens (tertiary/aromatic N) is 2. The number of rotatable bonds is 11. The van der Waals surface area contributed by atoms with Crippen LogP contribution in [0.15, 0.2) is 54.6 Å². The number of carbonyl (C=O) groups is 4. The van der Waals surface area contributed by atoms with Gasteiger partial charge in [0.25, 0.3) is 0 Å². The van der Waals surface area contributed by atoms with Crippen molar-refractivity contribution in [2.24, 2.45) is 5.92 Å². The van der Waals surface area contributed by atoms with Crippen LogP contribution in [-0.2, 0) is 20.9 Å². The van der Waals surface area contributed by atoms with Crippen molar-refractivity contribution >= 4 is 29.4 Å². The summed E-state index contributed by atoms with van der Waals surface area (Å²) < 4.78 is 5.23. The van der Waals surface area contributed by atoms with E-state index in [1.54, 1.807) is 12.0 Å². The Morgan fingerprint density at radius 2 is 1.76 bits per heavy atom. The fourth-order valence-electron chi connectivity index (χ4n) is 5.25. The smallest absolute Gasteiger partial charge is 0.327 e. The third-order valence-corrected chi connectivity index (χ3v) is 7.22. The van der Waals surface area contributed by atoms with E-state index in [2.05, 4.69) is 10.6 Å². The minimum Gasteiger partial charge on any atom is -0.497 e. The van der Waals surface area contributed by atoms with Gasteiger partial charge in [-0.25, -0.2) is 4.79 Å². The number of imide groups is 1. The number of carbonyl (C=O) groups excluding carboxylic acids is 4. The molecule has 0 bridgehead atoms. The molecule has 0 radical (unpaired) electrons. The van der Waals surface area contributed by atoms with Crippen LogP contribution in [0, 0.1) is 5.92 Å². The molecule has 1 saturated carbocycles. The molecule has 1 aliphatic carbocycles. The second-order valence-electron chi connectivity index (χ2n) is 9.86. The lowest BCUT2D eigenvalue weighted by Gasteiger charge is -2.46. The average molecular weight is 521 g/mol. The minimum absolute atomic E-state index is 0.0900. The van der Waals surface area contributed by atoms with Crippen molar-refractivity contribution in [1.29, 1.82) is 0 Å². The van der Waals surface area contributed by atoms with E-state index in [9.17, 15) is 19.2 Å². The Labute approximate surface area is 223 Å². The third kappa shape index (κ3) is 6.90. The first kappa shape index (κ1) is 27.2. The molecule has 2 atom stereocenters. The summed E-state index contributed by atoms with van der Waals surface area (Å²) in [6.07, 6.45) is 4.67. The van der Waals surface area contributed by atoms with Gasteiger partial charge in [-0.3, -0.25) is 19.3 Å². The normalized spacial score (nSPS) is 19.1. The monoisotopic (exact) mass is 520 g/mol. The highest BCUT2D eigenvalue weighted by Gasteiger charge is 2.47. The molecule has 9 heteroatoms. The third-order valence-electron chi connectivity index (χ3n) is 7.22. The molecule has 2 aromatic rings. The molecule has 38 heavy (non-hydrogen) atoms. The summed E-state index contributed by atoms with van der Waals surface area (Å²) in [5, 5.41) is 5.74. The molecule has 9 nitrogen and oxygen atoms in total. The number of para-hydroxylation sites is 1. The number of nitrogens with one attached hydrogen (secondary N) is 2. The number of methoxy groups -OCH3 is 1. The van der Waals surface area contributed by atoms with E-state index in [1.165, 1.54) is 4.90 Å². The summed E-state index contributed by atoms with van der Waals surface area (Å²) in [6, 6.07) is 16.0. The van der Waals surface area contributed by atoms with Crippen LogP contribution in [0.3, 0.4) is 0 Å². The number of unbranched alkanes of at least 4 members (excludes halogenated alkanes) is 1. The van der Waals surface area contributed by atoms with Crippen LogP contribution in [0.4, 0.5) is 10.5 Å². The lowest BCUT2D eigenvalue weighted by Crippen LogP contribution is -2.63. The van der Waals surface area contributed by atoms with Crippen molar-refractivity contribution in [3.63, 3.8) is 0 Å². The number of ether oxygens (including phenoxy) is 1. The number of benzene rings is 2. The molecule has 1 saturated heterocycles. The van der Waals surface area contributed by atoms with Crippen molar-refractivity contribution in [1.82, 2.24) is 15.1 Å². The highest BCUT2D eigenvalue weighted by molar-refractivity contribution is 6.00. The maximum Gasteiger partial charge on any atom is 0.327 e. The molecule has 0 aromatic heterocycles. The Balaban J connectivity index is 1.32. The van der Waals surface area contributed by atoms with Gasteiger partial charge in [-0.15, -0.1) is 0 Å². The maximum absolute atomic E-state index is 13.4. The van der Waals surface area contributed by atoms with Crippen LogP contribution >= 0.6 is 0 Å². The Bertz CT molecular complexity index is 1140. The molecule has 2 aromatic carbocycles. The molecule has 5 amide bonds. The Hall–Kier alpha value is -3.88. The predicted molar refractivity (Wildman–Crippen MR) is 143 cm³/mol. The first-order valence-electron chi connectivity index (χ1n) is 13.3. The summed E-state index contributed by atoms with van der Waals surface area (Å²) in [5.74, 6) is -0.0956. The summed E-state index contributed by atoms with van der Waals surface area (Å²) in [4.78, 5) is 54.6.